The van der Waals surface area contributed by atoms with E-state index in [0.29, 0.717) is 5.92 Å². The Morgan fingerprint density at radius 3 is 2.38 bits per heavy atom. The molecule has 0 saturated heterocycles. The van der Waals surface area contributed by atoms with Crippen LogP contribution in [0.3, 0.4) is 0 Å². The molecule has 0 radical (unpaired) electrons. The molecular formula is C19H26N2. The molecule has 1 aliphatic heterocycles. The lowest BCUT2D eigenvalue weighted by atomic mass is 9.92. The first-order chi connectivity index (χ1) is 9.90. The van der Waals surface area contributed by atoms with Gasteiger partial charge in [0.05, 0.1) is 12.6 Å². The fourth-order valence-electron chi connectivity index (χ4n) is 2.81. The van der Waals surface area contributed by atoms with Gasteiger partial charge in [0.1, 0.15) is 0 Å². The van der Waals surface area contributed by atoms with E-state index in [2.05, 4.69) is 77.0 Å². The summed E-state index contributed by atoms with van der Waals surface area (Å²) >= 11 is 0. The molecule has 0 bridgehead atoms. The summed E-state index contributed by atoms with van der Waals surface area (Å²) < 4.78 is 2.01. The highest BCUT2D eigenvalue weighted by Crippen LogP contribution is 2.29. The first-order valence-corrected chi connectivity index (χ1v) is 7.58. The highest BCUT2D eigenvalue weighted by molar-refractivity contribution is 5.49. The number of rotatable bonds is 4. The molecule has 2 rings (SSSR count). The van der Waals surface area contributed by atoms with Crippen molar-refractivity contribution in [1.29, 1.82) is 0 Å². The van der Waals surface area contributed by atoms with Crippen molar-refractivity contribution in [3.8, 4) is 0 Å². The maximum Gasteiger partial charge on any atom is 0.220 e. The van der Waals surface area contributed by atoms with Crippen molar-refractivity contribution >= 4 is 6.72 Å². The van der Waals surface area contributed by atoms with Gasteiger partial charge in [-0.05, 0) is 18.9 Å². The molecule has 0 amide bonds. The Hall–Kier alpha value is -1.96. The van der Waals surface area contributed by atoms with E-state index in [1.165, 1.54) is 22.3 Å². The van der Waals surface area contributed by atoms with Gasteiger partial charge in [0.15, 0.2) is 0 Å². The van der Waals surface area contributed by atoms with E-state index in [1.54, 1.807) is 0 Å². The Kier molecular flexibility index (Phi) is 4.56. The number of aryl methyl sites for hydroxylation is 3. The molecule has 0 aromatic heterocycles. The third-order valence-electron chi connectivity index (χ3n) is 3.71. The number of allylic oxidation sites excluding steroid dienone is 2. The van der Waals surface area contributed by atoms with E-state index in [9.17, 15) is 0 Å². The zero-order valence-corrected chi connectivity index (χ0v) is 13.8. The number of benzene rings is 1. The fraction of sp³-hybridized carbons (Fsp3) is 0.368. The molecule has 0 spiro atoms. The number of hydrogen-bond donors (Lipinski definition) is 1. The van der Waals surface area contributed by atoms with Gasteiger partial charge in [-0.25, -0.2) is 0 Å². The lowest BCUT2D eigenvalue weighted by Gasteiger charge is -2.28. The van der Waals surface area contributed by atoms with Crippen molar-refractivity contribution < 1.29 is 4.58 Å². The summed E-state index contributed by atoms with van der Waals surface area (Å²) in [6.07, 6.45) is 6.31. The Morgan fingerprint density at radius 1 is 1.19 bits per heavy atom. The molecule has 2 heteroatoms. The average molecular weight is 282 g/mol. The predicted octanol–water partition coefficient (Wildman–Crippen LogP) is 3.86. The molecular weight excluding hydrogens is 256 g/mol. The molecule has 0 atom stereocenters. The molecule has 0 aliphatic carbocycles. The minimum Gasteiger partial charge on any atom is -0.301 e. The zero-order valence-electron chi connectivity index (χ0n) is 13.8. The summed E-state index contributed by atoms with van der Waals surface area (Å²) in [6.45, 7) is 16.1. The van der Waals surface area contributed by atoms with E-state index in [1.807, 2.05) is 4.58 Å². The van der Waals surface area contributed by atoms with Crippen molar-refractivity contribution in [3.63, 3.8) is 0 Å². The van der Waals surface area contributed by atoms with Gasteiger partial charge in [-0.15, -0.1) is 6.08 Å². The predicted molar refractivity (Wildman–Crippen MR) is 90.4 cm³/mol. The Bertz CT molecular complexity index is 583. The van der Waals surface area contributed by atoms with Crippen LogP contribution in [0.4, 0.5) is 0 Å². The number of nitrogens with one attached hydrogen (secondary N) is 1. The first kappa shape index (κ1) is 15.4. The molecule has 1 aromatic rings. The first-order valence-electron chi connectivity index (χ1n) is 7.58. The smallest absolute Gasteiger partial charge is 0.220 e. The summed E-state index contributed by atoms with van der Waals surface area (Å²) in [4.78, 5) is 0. The monoisotopic (exact) mass is 282 g/mol. The average Bonchev–Trinajstić information content (AvgIpc) is 2.38. The molecule has 0 unspecified atom stereocenters. The van der Waals surface area contributed by atoms with Crippen molar-refractivity contribution in [2.75, 3.05) is 6.54 Å². The molecule has 0 saturated carbocycles. The van der Waals surface area contributed by atoms with Crippen LogP contribution in [0.2, 0.25) is 0 Å². The van der Waals surface area contributed by atoms with Crippen LogP contribution in [0.1, 0.15) is 36.1 Å². The summed E-state index contributed by atoms with van der Waals surface area (Å²) in [5.41, 5.74) is 5.18. The van der Waals surface area contributed by atoms with Crippen LogP contribution in [0.5, 0.6) is 0 Å². The van der Waals surface area contributed by atoms with Gasteiger partial charge in [0.2, 0.25) is 5.82 Å². The maximum absolute atomic E-state index is 4.23. The third-order valence-corrected chi connectivity index (χ3v) is 3.71. The largest absolute Gasteiger partial charge is 0.301 e. The van der Waals surface area contributed by atoms with E-state index < -0.39 is 0 Å². The Morgan fingerprint density at radius 2 is 1.81 bits per heavy atom. The number of nitrogens with zero attached hydrogens (tertiary/aromatic N) is 1. The molecule has 1 aliphatic rings. The van der Waals surface area contributed by atoms with Crippen LogP contribution in [0.25, 0.3) is 0 Å². The molecule has 1 heterocycles. The minimum absolute atomic E-state index is 0.608. The quantitative estimate of drug-likeness (QED) is 0.654. The van der Waals surface area contributed by atoms with Crippen LogP contribution >= 0.6 is 0 Å². The molecule has 1 N–H and O–H groups in total. The van der Waals surface area contributed by atoms with Crippen LogP contribution in [0, 0.1) is 32.7 Å². The van der Waals surface area contributed by atoms with E-state index in [-0.39, 0.29) is 0 Å². The summed E-state index contributed by atoms with van der Waals surface area (Å²) in [5.74, 6) is 1.66. The van der Waals surface area contributed by atoms with Crippen LogP contribution in [-0.4, -0.2) is 17.8 Å². The minimum atomic E-state index is 0.608. The summed E-state index contributed by atoms with van der Waals surface area (Å²) in [7, 11) is 0. The highest BCUT2D eigenvalue weighted by atomic mass is 15.2. The van der Waals surface area contributed by atoms with E-state index in [4.69, 9.17) is 0 Å². The van der Waals surface area contributed by atoms with Gasteiger partial charge >= 0.3 is 0 Å². The SMILES string of the molecule is C=[N+]1C(NCC(C)C)=CC=C[C-]1c1c(C)cc(C)cc1C. The van der Waals surface area contributed by atoms with E-state index >= 15 is 0 Å². The van der Waals surface area contributed by atoms with Gasteiger partial charge in [0, 0.05) is 6.72 Å². The lowest BCUT2D eigenvalue weighted by molar-refractivity contribution is -0.446. The fourth-order valence-corrected chi connectivity index (χ4v) is 2.81. The van der Waals surface area contributed by atoms with Crippen LogP contribution in [0.15, 0.2) is 36.2 Å². The Balaban J connectivity index is 2.29. The molecule has 21 heavy (non-hydrogen) atoms. The van der Waals surface area contributed by atoms with Crippen molar-refractivity contribution in [1.82, 2.24) is 5.32 Å². The number of hydrogen-bond acceptors (Lipinski definition) is 1. The van der Waals surface area contributed by atoms with Crippen LogP contribution < -0.4 is 5.32 Å². The topological polar surface area (TPSA) is 15.0 Å². The summed E-state index contributed by atoms with van der Waals surface area (Å²) in [5, 5.41) is 3.47. The van der Waals surface area contributed by atoms with Crippen molar-refractivity contribution in [2.24, 2.45) is 5.92 Å². The normalized spacial score (nSPS) is 14.7. The van der Waals surface area contributed by atoms with Gasteiger partial charge in [-0.1, -0.05) is 68.2 Å². The van der Waals surface area contributed by atoms with Gasteiger partial charge in [-0.2, -0.15) is 0 Å². The van der Waals surface area contributed by atoms with Crippen molar-refractivity contribution in [2.45, 2.75) is 34.6 Å². The van der Waals surface area contributed by atoms with E-state index in [0.717, 1.165) is 18.4 Å². The standard InChI is InChI=1S/C19H26N2/c1-13(2)12-20-18-9-7-8-17(21(18)6)19-15(4)10-14(3)11-16(19)5/h7-11,13,20H,6,12H2,1-5H3. The second-order valence-corrected chi connectivity index (χ2v) is 6.27. The second kappa shape index (κ2) is 6.21. The highest BCUT2D eigenvalue weighted by Gasteiger charge is 2.20. The lowest BCUT2D eigenvalue weighted by Crippen LogP contribution is -2.31. The maximum atomic E-state index is 4.23. The zero-order chi connectivity index (χ0) is 15.6. The van der Waals surface area contributed by atoms with Gasteiger partial charge in [0.25, 0.3) is 0 Å². The van der Waals surface area contributed by atoms with Crippen LogP contribution in [-0.2, 0) is 0 Å². The van der Waals surface area contributed by atoms with Gasteiger partial charge in [-0.3, -0.25) is 4.58 Å². The second-order valence-electron chi connectivity index (χ2n) is 6.27. The summed E-state index contributed by atoms with van der Waals surface area (Å²) in [6, 6.07) is 5.62. The van der Waals surface area contributed by atoms with Crippen molar-refractivity contribution in [3.05, 3.63) is 64.5 Å². The van der Waals surface area contributed by atoms with Gasteiger partial charge < -0.3 is 5.32 Å². The molecule has 112 valence electrons. The third kappa shape index (κ3) is 3.38. The Labute approximate surface area is 128 Å². The molecule has 2 nitrogen and oxygen atoms in total. The molecule has 0 fully saturated rings. The molecule has 1 aromatic carbocycles.